The Morgan fingerprint density at radius 3 is 2.57 bits per heavy atom. The van der Waals surface area contributed by atoms with Crippen LogP contribution < -0.4 is 5.32 Å². The number of unbranched alkanes of at least 4 members (excludes halogenated alkanes) is 7. The van der Waals surface area contributed by atoms with E-state index in [0.29, 0.717) is 19.4 Å². The molecule has 0 bridgehead atoms. The van der Waals surface area contributed by atoms with Crippen molar-refractivity contribution in [3.8, 4) is 0 Å². The second-order valence-corrected chi connectivity index (χ2v) is 5.67. The molecule has 0 aromatic rings. The third-order valence-corrected chi connectivity index (χ3v) is 3.74. The van der Waals surface area contributed by atoms with Gasteiger partial charge in [0, 0.05) is 6.42 Å². The molecule has 0 spiro atoms. The molecule has 0 saturated carbocycles. The first kappa shape index (κ1) is 17.7. The van der Waals surface area contributed by atoms with Crippen molar-refractivity contribution in [1.82, 2.24) is 5.32 Å². The molecule has 1 amide bonds. The molecule has 0 aromatic heterocycles. The van der Waals surface area contributed by atoms with E-state index < -0.39 is 6.04 Å². The summed E-state index contributed by atoms with van der Waals surface area (Å²) in [6.07, 6.45) is 15.2. The predicted molar refractivity (Wildman–Crippen MR) is 83.9 cm³/mol. The highest BCUT2D eigenvalue weighted by molar-refractivity contribution is 5.88. The van der Waals surface area contributed by atoms with Crippen molar-refractivity contribution in [3.63, 3.8) is 0 Å². The van der Waals surface area contributed by atoms with Gasteiger partial charge in [0.05, 0.1) is 0 Å². The van der Waals surface area contributed by atoms with Gasteiger partial charge in [0.1, 0.15) is 12.6 Å². The van der Waals surface area contributed by atoms with Gasteiger partial charge in [0.2, 0.25) is 5.91 Å². The number of ether oxygens (including phenoxy) is 1. The summed E-state index contributed by atoms with van der Waals surface area (Å²) in [6.45, 7) is 2.54. The van der Waals surface area contributed by atoms with Gasteiger partial charge in [-0.25, -0.2) is 4.79 Å². The summed E-state index contributed by atoms with van der Waals surface area (Å²) >= 11 is 0. The number of hydrogen-bond acceptors (Lipinski definition) is 3. The molecule has 1 aliphatic heterocycles. The van der Waals surface area contributed by atoms with Crippen molar-refractivity contribution in [2.45, 2.75) is 77.2 Å². The maximum absolute atomic E-state index is 11.6. The van der Waals surface area contributed by atoms with Crippen LogP contribution in [-0.4, -0.2) is 24.5 Å². The highest BCUT2D eigenvalue weighted by atomic mass is 16.5. The van der Waals surface area contributed by atoms with Crippen LogP contribution in [0, 0.1) is 0 Å². The van der Waals surface area contributed by atoms with Crippen LogP contribution in [0.4, 0.5) is 0 Å². The topological polar surface area (TPSA) is 55.4 Å². The van der Waals surface area contributed by atoms with Crippen molar-refractivity contribution in [3.05, 3.63) is 12.2 Å². The van der Waals surface area contributed by atoms with Gasteiger partial charge < -0.3 is 10.1 Å². The van der Waals surface area contributed by atoms with Crippen molar-refractivity contribution >= 4 is 11.9 Å². The van der Waals surface area contributed by atoms with Crippen LogP contribution in [0.2, 0.25) is 0 Å². The molecule has 0 unspecified atom stereocenters. The summed E-state index contributed by atoms with van der Waals surface area (Å²) in [5.41, 5.74) is 0. The predicted octanol–water partition coefficient (Wildman–Crippen LogP) is 3.51. The monoisotopic (exact) mass is 295 g/mol. The normalized spacial score (nSPS) is 18.1. The van der Waals surface area contributed by atoms with E-state index >= 15 is 0 Å². The number of esters is 1. The maximum atomic E-state index is 11.6. The summed E-state index contributed by atoms with van der Waals surface area (Å²) in [5.74, 6) is -0.382. The lowest BCUT2D eigenvalue weighted by molar-refractivity contribution is -0.145. The Morgan fingerprint density at radius 2 is 1.90 bits per heavy atom. The van der Waals surface area contributed by atoms with Crippen molar-refractivity contribution in [2.24, 2.45) is 0 Å². The fourth-order valence-electron chi connectivity index (χ4n) is 2.43. The van der Waals surface area contributed by atoms with Crippen LogP contribution >= 0.6 is 0 Å². The largest absolute Gasteiger partial charge is 0.460 e. The minimum atomic E-state index is -0.436. The van der Waals surface area contributed by atoms with Crippen LogP contribution in [0.1, 0.15) is 71.1 Å². The van der Waals surface area contributed by atoms with E-state index in [1.165, 1.54) is 44.9 Å². The van der Waals surface area contributed by atoms with Crippen molar-refractivity contribution in [1.29, 1.82) is 0 Å². The van der Waals surface area contributed by atoms with Gasteiger partial charge in [0.25, 0.3) is 0 Å². The molecule has 4 nitrogen and oxygen atoms in total. The maximum Gasteiger partial charge on any atom is 0.328 e. The van der Waals surface area contributed by atoms with E-state index in [0.717, 1.165) is 6.42 Å². The van der Waals surface area contributed by atoms with Crippen LogP contribution in [0.3, 0.4) is 0 Å². The molecule has 0 aromatic carbocycles. The third-order valence-electron chi connectivity index (χ3n) is 3.74. The van der Waals surface area contributed by atoms with E-state index in [9.17, 15) is 9.59 Å². The molecule has 1 N–H and O–H groups in total. The van der Waals surface area contributed by atoms with Crippen molar-refractivity contribution in [2.75, 3.05) is 6.61 Å². The Hall–Kier alpha value is -1.32. The quantitative estimate of drug-likeness (QED) is 0.360. The van der Waals surface area contributed by atoms with E-state index in [4.69, 9.17) is 4.74 Å². The zero-order valence-corrected chi connectivity index (χ0v) is 13.2. The molecular weight excluding hydrogens is 266 g/mol. The van der Waals surface area contributed by atoms with Crippen LogP contribution in [0.15, 0.2) is 12.2 Å². The van der Waals surface area contributed by atoms with Crippen LogP contribution in [0.25, 0.3) is 0 Å². The van der Waals surface area contributed by atoms with Gasteiger partial charge in [-0.1, -0.05) is 57.6 Å². The summed E-state index contributed by atoms with van der Waals surface area (Å²) in [5, 5.41) is 2.61. The molecule has 1 saturated heterocycles. The molecule has 4 heteroatoms. The lowest BCUT2D eigenvalue weighted by Crippen LogP contribution is -2.34. The van der Waals surface area contributed by atoms with Gasteiger partial charge in [-0.3, -0.25) is 4.79 Å². The summed E-state index contributed by atoms with van der Waals surface area (Å²) in [4.78, 5) is 22.6. The fourth-order valence-corrected chi connectivity index (χ4v) is 2.43. The lowest BCUT2D eigenvalue weighted by Gasteiger charge is -2.08. The molecule has 0 radical (unpaired) electrons. The van der Waals surface area contributed by atoms with E-state index in [1.54, 1.807) is 0 Å². The molecule has 1 atom stereocenters. The first-order chi connectivity index (χ1) is 10.2. The molecule has 1 fully saturated rings. The SMILES string of the molecule is CCCCCCCCC/C=C/COC(=O)[C@@H]1CCC(=O)N1. The zero-order valence-electron chi connectivity index (χ0n) is 13.2. The summed E-state index contributed by atoms with van der Waals surface area (Å²) in [7, 11) is 0. The Bertz CT molecular complexity index is 339. The number of allylic oxidation sites excluding steroid dienone is 1. The molecule has 21 heavy (non-hydrogen) atoms. The highest BCUT2D eigenvalue weighted by Gasteiger charge is 2.27. The van der Waals surface area contributed by atoms with Crippen LogP contribution in [-0.2, 0) is 14.3 Å². The lowest BCUT2D eigenvalue weighted by atomic mass is 10.1. The average Bonchev–Trinajstić information content (AvgIpc) is 2.91. The Morgan fingerprint density at radius 1 is 1.19 bits per heavy atom. The molecule has 120 valence electrons. The minimum absolute atomic E-state index is 0.0635. The highest BCUT2D eigenvalue weighted by Crippen LogP contribution is 2.09. The summed E-state index contributed by atoms with van der Waals surface area (Å²) < 4.78 is 5.11. The number of rotatable bonds is 11. The van der Waals surface area contributed by atoms with E-state index in [2.05, 4.69) is 18.3 Å². The Balaban J connectivity index is 1.90. The second-order valence-electron chi connectivity index (χ2n) is 5.67. The van der Waals surface area contributed by atoms with E-state index in [1.807, 2.05) is 6.08 Å². The number of amides is 1. The van der Waals surface area contributed by atoms with Crippen molar-refractivity contribution < 1.29 is 14.3 Å². The Kier molecular flexibility index (Phi) is 9.58. The minimum Gasteiger partial charge on any atom is -0.460 e. The standard InChI is InChI=1S/C17H29NO3/c1-2-3-4-5-6-7-8-9-10-11-14-21-17(20)15-12-13-16(19)18-15/h10-11,15H,2-9,12-14H2,1H3,(H,18,19)/b11-10+/t15-/m0/s1. The molecule has 1 aliphatic rings. The third kappa shape index (κ3) is 8.53. The summed E-state index contributed by atoms with van der Waals surface area (Å²) in [6, 6.07) is -0.436. The zero-order chi connectivity index (χ0) is 15.3. The number of nitrogens with one attached hydrogen (secondary N) is 1. The number of hydrogen-bond donors (Lipinski definition) is 1. The molecule has 1 rings (SSSR count). The smallest absolute Gasteiger partial charge is 0.328 e. The Labute approximate surface area is 128 Å². The first-order valence-corrected chi connectivity index (χ1v) is 8.35. The van der Waals surface area contributed by atoms with E-state index in [-0.39, 0.29) is 11.9 Å². The first-order valence-electron chi connectivity index (χ1n) is 8.35. The van der Waals surface area contributed by atoms with Gasteiger partial charge >= 0.3 is 5.97 Å². The second kappa shape index (κ2) is 11.4. The fraction of sp³-hybridized carbons (Fsp3) is 0.765. The number of carbonyl (C=O) groups excluding carboxylic acids is 2. The average molecular weight is 295 g/mol. The number of carbonyl (C=O) groups is 2. The molecule has 0 aliphatic carbocycles. The van der Waals surface area contributed by atoms with Gasteiger partial charge in [-0.05, 0) is 19.3 Å². The van der Waals surface area contributed by atoms with Gasteiger partial charge in [0.15, 0.2) is 0 Å². The molecule has 1 heterocycles. The van der Waals surface area contributed by atoms with Crippen LogP contribution in [0.5, 0.6) is 0 Å². The molecular formula is C17H29NO3. The van der Waals surface area contributed by atoms with Gasteiger partial charge in [-0.15, -0.1) is 0 Å². The van der Waals surface area contributed by atoms with Gasteiger partial charge in [-0.2, -0.15) is 0 Å².